The zero-order valence-electron chi connectivity index (χ0n) is 9.36. The number of nitrogens with two attached hydrogens (primary N) is 1. The largest absolute Gasteiger partial charge is 0.308 e. The summed E-state index contributed by atoms with van der Waals surface area (Å²) in [6.45, 7) is 0. The van der Waals surface area contributed by atoms with Crippen molar-refractivity contribution in [3.63, 3.8) is 0 Å². The molecule has 0 aliphatic heterocycles. The zero-order valence-corrected chi connectivity index (χ0v) is 11.7. The van der Waals surface area contributed by atoms with Gasteiger partial charge in [-0.25, -0.2) is 10.8 Å². The maximum Gasteiger partial charge on any atom is 0.143 e. The van der Waals surface area contributed by atoms with Crippen LogP contribution in [0.25, 0.3) is 0 Å². The molecule has 3 N–H and O–H groups in total. The van der Waals surface area contributed by atoms with Gasteiger partial charge in [0.1, 0.15) is 5.82 Å². The van der Waals surface area contributed by atoms with Gasteiger partial charge in [0.25, 0.3) is 0 Å². The Labute approximate surface area is 120 Å². The van der Waals surface area contributed by atoms with Crippen molar-refractivity contribution in [2.24, 2.45) is 5.84 Å². The van der Waals surface area contributed by atoms with Gasteiger partial charge < -0.3 is 5.43 Å². The van der Waals surface area contributed by atoms with Crippen molar-refractivity contribution in [3.05, 3.63) is 52.1 Å². The first-order valence-corrected chi connectivity index (χ1v) is 6.93. The number of pyridine rings is 1. The van der Waals surface area contributed by atoms with E-state index in [-0.39, 0.29) is 0 Å². The van der Waals surface area contributed by atoms with E-state index in [1.165, 1.54) is 0 Å². The van der Waals surface area contributed by atoms with Crippen LogP contribution in [-0.2, 0) is 5.75 Å². The molecule has 0 fully saturated rings. The third kappa shape index (κ3) is 3.29. The van der Waals surface area contributed by atoms with Gasteiger partial charge in [0.15, 0.2) is 0 Å². The number of nitrogens with zero attached hydrogens (tertiary/aromatic N) is 1. The predicted molar refractivity (Wildman–Crippen MR) is 78.1 cm³/mol. The first-order valence-electron chi connectivity index (χ1n) is 5.19. The molecule has 2 aromatic rings. The molecule has 94 valence electrons. The van der Waals surface area contributed by atoms with Crippen LogP contribution in [0.5, 0.6) is 0 Å². The molecule has 1 aromatic carbocycles. The highest BCUT2D eigenvalue weighted by Crippen LogP contribution is 2.30. The number of thioether (sulfide) groups is 1. The summed E-state index contributed by atoms with van der Waals surface area (Å²) in [5.41, 5.74) is 3.62. The molecule has 0 saturated carbocycles. The number of anilines is 1. The van der Waals surface area contributed by atoms with Crippen molar-refractivity contribution in [2.75, 3.05) is 5.43 Å². The van der Waals surface area contributed by atoms with E-state index < -0.39 is 0 Å². The van der Waals surface area contributed by atoms with Crippen molar-refractivity contribution in [1.29, 1.82) is 0 Å². The highest BCUT2D eigenvalue weighted by molar-refractivity contribution is 7.98. The molecule has 0 aliphatic carbocycles. The standard InChI is InChI=1S/C12H11Cl2N3S/c13-10-4-3-9(6-11(10)14)18-7-8-2-1-5-16-12(8)17-15/h1-6H,7,15H2,(H,16,17). The monoisotopic (exact) mass is 299 g/mol. The van der Waals surface area contributed by atoms with Gasteiger partial charge in [-0.1, -0.05) is 29.3 Å². The molecule has 3 nitrogen and oxygen atoms in total. The van der Waals surface area contributed by atoms with Gasteiger partial charge in [0, 0.05) is 22.4 Å². The summed E-state index contributed by atoms with van der Waals surface area (Å²) in [4.78, 5) is 5.20. The molecular formula is C12H11Cl2N3S. The Balaban J connectivity index is 2.09. The summed E-state index contributed by atoms with van der Waals surface area (Å²) >= 11 is 13.5. The molecular weight excluding hydrogens is 289 g/mol. The van der Waals surface area contributed by atoms with Crippen LogP contribution in [-0.4, -0.2) is 4.98 Å². The average Bonchev–Trinajstić information content (AvgIpc) is 2.40. The van der Waals surface area contributed by atoms with E-state index in [0.717, 1.165) is 16.2 Å². The van der Waals surface area contributed by atoms with E-state index in [1.54, 1.807) is 24.0 Å². The molecule has 18 heavy (non-hydrogen) atoms. The van der Waals surface area contributed by atoms with Gasteiger partial charge in [-0.3, -0.25) is 0 Å². The fraction of sp³-hybridized carbons (Fsp3) is 0.0833. The molecule has 0 aliphatic rings. The van der Waals surface area contributed by atoms with E-state index in [0.29, 0.717) is 15.9 Å². The molecule has 6 heteroatoms. The molecule has 0 amide bonds. The predicted octanol–water partition coefficient (Wildman–Crippen LogP) is 3.97. The van der Waals surface area contributed by atoms with Crippen LogP contribution < -0.4 is 11.3 Å². The lowest BCUT2D eigenvalue weighted by atomic mass is 10.3. The second-order valence-corrected chi connectivity index (χ2v) is 5.38. The normalized spacial score (nSPS) is 10.4. The second-order valence-electron chi connectivity index (χ2n) is 3.52. The lowest BCUT2D eigenvalue weighted by molar-refractivity contribution is 1.18. The number of halogens is 2. The van der Waals surface area contributed by atoms with Crippen molar-refractivity contribution in [3.8, 4) is 0 Å². The zero-order chi connectivity index (χ0) is 13.0. The van der Waals surface area contributed by atoms with Crippen molar-refractivity contribution >= 4 is 40.8 Å². The Morgan fingerprint density at radius 3 is 2.78 bits per heavy atom. The molecule has 0 saturated heterocycles. The summed E-state index contributed by atoms with van der Waals surface area (Å²) in [7, 11) is 0. The van der Waals surface area contributed by atoms with Crippen LogP contribution >= 0.6 is 35.0 Å². The molecule has 0 atom stereocenters. The molecule has 0 radical (unpaired) electrons. The van der Waals surface area contributed by atoms with E-state index in [2.05, 4.69) is 10.4 Å². The fourth-order valence-corrected chi connectivity index (χ4v) is 2.70. The van der Waals surface area contributed by atoms with Crippen LogP contribution in [0.15, 0.2) is 41.4 Å². The lowest BCUT2D eigenvalue weighted by Gasteiger charge is -2.07. The number of aromatic nitrogens is 1. The van der Waals surface area contributed by atoms with Crippen LogP contribution in [0.4, 0.5) is 5.82 Å². The number of hydrogen-bond donors (Lipinski definition) is 2. The third-order valence-electron chi connectivity index (χ3n) is 2.31. The smallest absolute Gasteiger partial charge is 0.143 e. The molecule has 1 heterocycles. The summed E-state index contributed by atoms with van der Waals surface area (Å²) in [5, 5.41) is 1.12. The molecule has 1 aromatic heterocycles. The third-order valence-corrected chi connectivity index (χ3v) is 4.10. The number of benzene rings is 1. The Hall–Kier alpha value is -0.940. The van der Waals surface area contributed by atoms with Crippen LogP contribution in [0.1, 0.15) is 5.56 Å². The average molecular weight is 300 g/mol. The highest BCUT2D eigenvalue weighted by atomic mass is 35.5. The van der Waals surface area contributed by atoms with Gasteiger partial charge in [0.2, 0.25) is 0 Å². The van der Waals surface area contributed by atoms with E-state index in [4.69, 9.17) is 29.0 Å². The summed E-state index contributed by atoms with van der Waals surface area (Å²) in [6, 6.07) is 9.43. The van der Waals surface area contributed by atoms with Gasteiger partial charge in [-0.2, -0.15) is 0 Å². The Morgan fingerprint density at radius 1 is 1.22 bits per heavy atom. The minimum absolute atomic E-state index is 0.560. The van der Waals surface area contributed by atoms with Crippen molar-refractivity contribution in [2.45, 2.75) is 10.6 Å². The Morgan fingerprint density at radius 2 is 2.06 bits per heavy atom. The number of hydrogen-bond acceptors (Lipinski definition) is 4. The van der Waals surface area contributed by atoms with Crippen LogP contribution in [0, 0.1) is 0 Å². The molecule has 0 bridgehead atoms. The number of hydrazine groups is 1. The Kier molecular flexibility index (Phi) is 4.72. The first-order chi connectivity index (χ1) is 8.70. The van der Waals surface area contributed by atoms with E-state index in [9.17, 15) is 0 Å². The fourth-order valence-electron chi connectivity index (χ4n) is 1.41. The van der Waals surface area contributed by atoms with Crippen LogP contribution in [0.3, 0.4) is 0 Å². The quantitative estimate of drug-likeness (QED) is 0.510. The number of rotatable bonds is 4. The number of nitrogens with one attached hydrogen (secondary N) is 1. The van der Waals surface area contributed by atoms with Gasteiger partial charge in [0.05, 0.1) is 10.0 Å². The minimum atomic E-state index is 0.560. The van der Waals surface area contributed by atoms with E-state index >= 15 is 0 Å². The van der Waals surface area contributed by atoms with E-state index in [1.807, 2.05) is 24.3 Å². The van der Waals surface area contributed by atoms with Crippen LogP contribution in [0.2, 0.25) is 10.0 Å². The first kappa shape index (κ1) is 13.5. The van der Waals surface area contributed by atoms with Gasteiger partial charge in [-0.05, 0) is 24.3 Å². The molecule has 0 spiro atoms. The topological polar surface area (TPSA) is 50.9 Å². The molecule has 2 rings (SSSR count). The highest BCUT2D eigenvalue weighted by Gasteiger charge is 2.04. The Bertz CT molecular complexity index is 549. The summed E-state index contributed by atoms with van der Waals surface area (Å²) in [6.07, 6.45) is 1.70. The maximum atomic E-state index is 5.96. The van der Waals surface area contributed by atoms with Crippen molar-refractivity contribution < 1.29 is 0 Å². The number of nitrogen functional groups attached to an aromatic ring is 1. The second kappa shape index (κ2) is 6.29. The van der Waals surface area contributed by atoms with Gasteiger partial charge in [-0.15, -0.1) is 11.8 Å². The van der Waals surface area contributed by atoms with Gasteiger partial charge >= 0.3 is 0 Å². The van der Waals surface area contributed by atoms with Crippen molar-refractivity contribution in [1.82, 2.24) is 4.98 Å². The SMILES string of the molecule is NNc1ncccc1CSc1ccc(Cl)c(Cl)c1. The minimum Gasteiger partial charge on any atom is -0.308 e. The summed E-state index contributed by atoms with van der Waals surface area (Å²) in [5.74, 6) is 6.84. The maximum absolute atomic E-state index is 5.96. The molecule has 0 unspecified atom stereocenters. The summed E-state index contributed by atoms with van der Waals surface area (Å²) < 4.78 is 0. The lowest BCUT2D eigenvalue weighted by Crippen LogP contribution is -2.10.